The highest BCUT2D eigenvalue weighted by Gasteiger charge is 2.16. The first kappa shape index (κ1) is 16.3. The lowest BCUT2D eigenvalue weighted by Gasteiger charge is -2.29. The Morgan fingerprint density at radius 1 is 1.20 bits per heavy atom. The molecule has 2 aromatic heterocycles. The van der Waals surface area contributed by atoms with Gasteiger partial charge in [-0.25, -0.2) is 9.97 Å². The fraction of sp³-hybridized carbons (Fsp3) is 0.333. The van der Waals surface area contributed by atoms with Gasteiger partial charge in [-0.2, -0.15) is 0 Å². The van der Waals surface area contributed by atoms with Crippen molar-refractivity contribution >= 4 is 28.3 Å². The zero-order valence-electron chi connectivity index (χ0n) is 14.0. The number of piperazine rings is 1. The van der Waals surface area contributed by atoms with Crippen molar-refractivity contribution in [3.8, 4) is 5.69 Å². The third-order valence-electron chi connectivity index (χ3n) is 4.54. The van der Waals surface area contributed by atoms with Gasteiger partial charge in [0.05, 0.1) is 16.9 Å². The van der Waals surface area contributed by atoms with Gasteiger partial charge >= 0.3 is 0 Å². The number of nitrogens with zero attached hydrogens (tertiary/aromatic N) is 4. The summed E-state index contributed by atoms with van der Waals surface area (Å²) >= 11 is 6.53. The van der Waals surface area contributed by atoms with Crippen LogP contribution in [0.25, 0.3) is 16.6 Å². The summed E-state index contributed by atoms with van der Waals surface area (Å²) in [5.74, 6) is 0.870. The molecule has 25 heavy (non-hydrogen) atoms. The number of benzene rings is 1. The summed E-state index contributed by atoms with van der Waals surface area (Å²) in [7, 11) is 0. The second kappa shape index (κ2) is 7.00. The summed E-state index contributed by atoms with van der Waals surface area (Å²) in [6.45, 7) is 4.36. The van der Waals surface area contributed by atoms with E-state index >= 15 is 0 Å². The molecule has 3 heterocycles. The van der Waals surface area contributed by atoms with Crippen LogP contribution in [0.4, 0.5) is 5.82 Å². The largest absolute Gasteiger partial charge is 0.353 e. The zero-order valence-corrected chi connectivity index (χ0v) is 14.7. The zero-order chi connectivity index (χ0) is 17.2. The Morgan fingerprint density at radius 3 is 2.84 bits per heavy atom. The summed E-state index contributed by atoms with van der Waals surface area (Å²) in [4.78, 5) is 11.3. The fourth-order valence-corrected chi connectivity index (χ4v) is 3.54. The molecule has 3 N–H and O–H groups in total. The molecule has 130 valence electrons. The van der Waals surface area contributed by atoms with Gasteiger partial charge in [0.25, 0.3) is 0 Å². The van der Waals surface area contributed by atoms with Gasteiger partial charge in [-0.3, -0.25) is 0 Å². The standard InChI is InChI=1S/C18H21ClN6/c19-16-10-13-9-14(25-12-22-11-15(25)3-4-20)1-2-17(13)23-18(16)24-7-5-21-6-8-24/h1-2,9-12,21H,3-8,20H2. The maximum Gasteiger partial charge on any atom is 0.148 e. The number of imidazole rings is 1. The van der Waals surface area contributed by atoms with E-state index in [1.165, 1.54) is 0 Å². The van der Waals surface area contributed by atoms with Crippen LogP contribution in [0.5, 0.6) is 0 Å². The van der Waals surface area contributed by atoms with E-state index in [4.69, 9.17) is 22.3 Å². The second-order valence-corrected chi connectivity index (χ2v) is 6.61. The third kappa shape index (κ3) is 3.20. The predicted molar refractivity (Wildman–Crippen MR) is 102 cm³/mol. The van der Waals surface area contributed by atoms with Gasteiger partial charge in [-0.1, -0.05) is 11.6 Å². The first-order valence-corrected chi connectivity index (χ1v) is 8.92. The SMILES string of the molecule is NCCc1cncn1-c1ccc2nc(N3CCNCC3)c(Cl)cc2c1. The van der Waals surface area contributed by atoms with Crippen molar-refractivity contribution in [1.29, 1.82) is 0 Å². The van der Waals surface area contributed by atoms with Crippen molar-refractivity contribution in [1.82, 2.24) is 19.9 Å². The van der Waals surface area contributed by atoms with Crippen LogP contribution in [0.3, 0.4) is 0 Å². The molecule has 0 atom stereocenters. The van der Waals surface area contributed by atoms with E-state index in [0.717, 1.165) is 60.7 Å². The van der Waals surface area contributed by atoms with E-state index in [1.54, 1.807) is 0 Å². The summed E-state index contributed by atoms with van der Waals surface area (Å²) < 4.78 is 2.06. The first-order valence-electron chi connectivity index (χ1n) is 8.54. The molecule has 0 saturated carbocycles. The van der Waals surface area contributed by atoms with Gasteiger partial charge in [0.2, 0.25) is 0 Å². The van der Waals surface area contributed by atoms with Crippen LogP contribution >= 0.6 is 11.6 Å². The highest BCUT2D eigenvalue weighted by molar-refractivity contribution is 6.33. The van der Waals surface area contributed by atoms with Crippen molar-refractivity contribution < 1.29 is 0 Å². The normalized spacial score (nSPS) is 15.0. The number of hydrogen-bond acceptors (Lipinski definition) is 5. The molecule has 1 aromatic carbocycles. The topological polar surface area (TPSA) is 72.0 Å². The quantitative estimate of drug-likeness (QED) is 0.748. The lowest BCUT2D eigenvalue weighted by molar-refractivity contribution is 0.585. The summed E-state index contributed by atoms with van der Waals surface area (Å²) in [6, 6.07) is 8.20. The van der Waals surface area contributed by atoms with Crippen LogP contribution in [0, 0.1) is 0 Å². The lowest BCUT2D eigenvalue weighted by atomic mass is 10.2. The van der Waals surface area contributed by atoms with Crippen LogP contribution in [0.1, 0.15) is 5.69 Å². The van der Waals surface area contributed by atoms with Crippen molar-refractivity contribution in [2.75, 3.05) is 37.6 Å². The van der Waals surface area contributed by atoms with E-state index in [1.807, 2.05) is 24.7 Å². The number of halogens is 1. The molecule has 0 radical (unpaired) electrons. The minimum absolute atomic E-state index is 0.598. The Kier molecular flexibility index (Phi) is 4.57. The van der Waals surface area contributed by atoms with Crippen LogP contribution in [-0.4, -0.2) is 47.3 Å². The van der Waals surface area contributed by atoms with Gasteiger partial charge in [-0.05, 0) is 30.8 Å². The first-order chi connectivity index (χ1) is 12.3. The van der Waals surface area contributed by atoms with Crippen LogP contribution in [0.2, 0.25) is 5.02 Å². The molecular formula is C18H21ClN6. The Labute approximate surface area is 151 Å². The van der Waals surface area contributed by atoms with Crippen molar-refractivity contribution in [3.05, 3.63) is 47.5 Å². The Hall–Kier alpha value is -2.15. The van der Waals surface area contributed by atoms with Crippen molar-refractivity contribution in [3.63, 3.8) is 0 Å². The van der Waals surface area contributed by atoms with Crippen LogP contribution in [-0.2, 0) is 6.42 Å². The Morgan fingerprint density at radius 2 is 2.04 bits per heavy atom. The summed E-state index contributed by atoms with van der Waals surface area (Å²) in [5, 5.41) is 5.07. The molecule has 1 aliphatic heterocycles. The minimum atomic E-state index is 0.598. The molecular weight excluding hydrogens is 336 g/mol. The molecule has 0 spiro atoms. The lowest BCUT2D eigenvalue weighted by Crippen LogP contribution is -2.44. The van der Waals surface area contributed by atoms with Gasteiger partial charge in [-0.15, -0.1) is 0 Å². The van der Waals surface area contributed by atoms with Crippen LogP contribution in [0.15, 0.2) is 36.8 Å². The number of hydrogen-bond donors (Lipinski definition) is 2. The minimum Gasteiger partial charge on any atom is -0.353 e. The molecule has 0 amide bonds. The smallest absolute Gasteiger partial charge is 0.148 e. The molecule has 3 aromatic rings. The molecule has 7 heteroatoms. The average molecular weight is 357 g/mol. The van der Waals surface area contributed by atoms with Crippen molar-refractivity contribution in [2.45, 2.75) is 6.42 Å². The van der Waals surface area contributed by atoms with Gasteiger partial charge in [0.15, 0.2) is 0 Å². The van der Waals surface area contributed by atoms with Gasteiger partial charge in [0, 0.05) is 55.6 Å². The van der Waals surface area contributed by atoms with E-state index in [9.17, 15) is 0 Å². The molecule has 6 nitrogen and oxygen atoms in total. The van der Waals surface area contributed by atoms with Crippen molar-refractivity contribution in [2.24, 2.45) is 5.73 Å². The number of rotatable bonds is 4. The number of aromatic nitrogens is 3. The van der Waals surface area contributed by atoms with E-state index in [-0.39, 0.29) is 0 Å². The highest BCUT2D eigenvalue weighted by atomic mass is 35.5. The number of nitrogens with one attached hydrogen (secondary N) is 1. The molecule has 0 bridgehead atoms. The van der Waals surface area contributed by atoms with Crippen LogP contribution < -0.4 is 16.0 Å². The molecule has 1 aliphatic rings. The monoisotopic (exact) mass is 356 g/mol. The summed E-state index contributed by atoms with van der Waals surface area (Å²) in [6.07, 6.45) is 4.46. The highest BCUT2D eigenvalue weighted by Crippen LogP contribution is 2.29. The van der Waals surface area contributed by atoms with Gasteiger partial charge in [0.1, 0.15) is 5.82 Å². The summed E-state index contributed by atoms with van der Waals surface area (Å²) in [5.41, 5.74) is 8.77. The molecule has 1 fully saturated rings. The third-order valence-corrected chi connectivity index (χ3v) is 4.82. The van der Waals surface area contributed by atoms with E-state index in [2.05, 4.69) is 31.9 Å². The van der Waals surface area contributed by atoms with Gasteiger partial charge < -0.3 is 20.5 Å². The maximum absolute atomic E-state index is 6.53. The molecule has 0 unspecified atom stereocenters. The Balaban J connectivity index is 1.73. The van der Waals surface area contributed by atoms with E-state index in [0.29, 0.717) is 11.6 Å². The maximum atomic E-state index is 6.53. The Bertz CT molecular complexity index is 884. The fourth-order valence-electron chi connectivity index (χ4n) is 3.26. The number of fused-ring (bicyclic) bond motifs is 1. The van der Waals surface area contributed by atoms with E-state index < -0.39 is 0 Å². The molecule has 4 rings (SSSR count). The molecule has 1 saturated heterocycles. The average Bonchev–Trinajstić information content (AvgIpc) is 3.10. The predicted octanol–water partition coefficient (Wildman–Crippen LogP) is 1.98. The molecule has 0 aliphatic carbocycles. The number of nitrogens with two attached hydrogens (primary N) is 1. The number of anilines is 1. The number of pyridine rings is 1. The second-order valence-electron chi connectivity index (χ2n) is 6.20.